The predicted octanol–water partition coefficient (Wildman–Crippen LogP) is 11.0. The Morgan fingerprint density at radius 1 is 0.585 bits per heavy atom. The molecular formula is C47H37N5O. The smallest absolute Gasteiger partial charge is 0.244 e. The average molecular weight is 691 g/mol. The van der Waals surface area contributed by atoms with E-state index in [1.54, 1.807) is 0 Å². The van der Waals surface area contributed by atoms with Crippen LogP contribution in [0.3, 0.4) is 0 Å². The molecular weight excluding hydrogens is 651 g/mol. The second-order valence-corrected chi connectivity index (χ2v) is 14.6. The number of imidazole rings is 1. The summed E-state index contributed by atoms with van der Waals surface area (Å²) >= 11 is 0. The van der Waals surface area contributed by atoms with E-state index in [1.165, 1.54) is 10.1 Å². The van der Waals surface area contributed by atoms with E-state index in [0.29, 0.717) is 11.1 Å². The highest BCUT2D eigenvalue weighted by Crippen LogP contribution is 2.38. The predicted molar refractivity (Wildman–Crippen MR) is 216 cm³/mol. The zero-order chi connectivity index (χ0) is 38.3. The van der Waals surface area contributed by atoms with Gasteiger partial charge < -0.3 is 18.1 Å². The first kappa shape index (κ1) is 28.0. The molecule has 6 aromatic carbocycles. The Morgan fingerprint density at radius 3 is 2.09 bits per heavy atom. The number of aromatic nitrogens is 5. The van der Waals surface area contributed by atoms with Gasteiger partial charge in [-0.15, -0.1) is 0 Å². The van der Waals surface area contributed by atoms with E-state index in [1.807, 2.05) is 83.6 Å². The topological polar surface area (TPSA) is 44.7 Å². The van der Waals surface area contributed by atoms with Crippen molar-refractivity contribution in [2.75, 3.05) is 0 Å². The van der Waals surface area contributed by atoms with Crippen molar-refractivity contribution in [2.45, 2.75) is 26.2 Å². The number of nitrogens with zero attached hydrogens (tertiary/aromatic N) is 5. The molecule has 10 rings (SSSR count). The van der Waals surface area contributed by atoms with Crippen molar-refractivity contribution in [3.05, 3.63) is 164 Å². The minimum Gasteiger partial charge on any atom is -0.455 e. The number of pyridine rings is 1. The van der Waals surface area contributed by atoms with E-state index >= 15 is 0 Å². The largest absolute Gasteiger partial charge is 0.455 e. The van der Waals surface area contributed by atoms with Crippen LogP contribution in [0, 0.1) is 6.33 Å². The van der Waals surface area contributed by atoms with Crippen molar-refractivity contribution in [2.24, 2.45) is 6.98 Å². The van der Waals surface area contributed by atoms with Crippen molar-refractivity contribution in [1.29, 1.82) is 0 Å². The molecule has 4 aromatic heterocycles. The van der Waals surface area contributed by atoms with Gasteiger partial charge in [-0.3, -0.25) is 4.57 Å². The summed E-state index contributed by atoms with van der Waals surface area (Å²) in [5.74, 6) is 0.852. The SMILES string of the molecule is [2H]C([2H])([2H])[n+]1[c-]n(-c2cccc(-n3c4ccccc4oc4ccccc4c4cc5c6ccccc6n(-c6cc(C(C)(C)C)ccn6)c5cc43)c2)c2ccccc21. The third-order valence-corrected chi connectivity index (χ3v) is 10.3. The van der Waals surface area contributed by atoms with Crippen molar-refractivity contribution >= 4 is 65.8 Å². The van der Waals surface area contributed by atoms with Gasteiger partial charge >= 0.3 is 0 Å². The summed E-state index contributed by atoms with van der Waals surface area (Å²) in [6.07, 6.45) is 5.05. The second kappa shape index (κ2) is 11.7. The Hall–Kier alpha value is -6.66. The van der Waals surface area contributed by atoms with Gasteiger partial charge in [0.2, 0.25) is 6.33 Å². The molecule has 4 heterocycles. The third-order valence-electron chi connectivity index (χ3n) is 10.3. The lowest BCUT2D eigenvalue weighted by atomic mass is 9.88. The normalized spacial score (nSPS) is 13.2. The molecule has 53 heavy (non-hydrogen) atoms. The first-order valence-corrected chi connectivity index (χ1v) is 17.8. The maximum atomic E-state index is 8.25. The van der Waals surface area contributed by atoms with Crippen molar-refractivity contribution < 1.29 is 13.1 Å². The number of hydrogen-bond acceptors (Lipinski definition) is 2. The van der Waals surface area contributed by atoms with Gasteiger partial charge in [0, 0.05) is 33.4 Å². The molecule has 6 heteroatoms. The molecule has 6 nitrogen and oxygen atoms in total. The molecule has 0 N–H and O–H groups in total. The molecule has 0 radical (unpaired) electrons. The van der Waals surface area contributed by atoms with Crippen LogP contribution in [0.25, 0.3) is 83.0 Å². The lowest BCUT2D eigenvalue weighted by Gasteiger charge is -2.20. The highest BCUT2D eigenvalue weighted by atomic mass is 16.3. The molecule has 0 aliphatic carbocycles. The maximum absolute atomic E-state index is 8.25. The van der Waals surface area contributed by atoms with Crippen LogP contribution < -0.4 is 4.57 Å². The van der Waals surface area contributed by atoms with Crippen LogP contribution >= 0.6 is 0 Å². The van der Waals surface area contributed by atoms with Crippen LogP contribution in [-0.4, -0.2) is 18.7 Å². The fourth-order valence-corrected chi connectivity index (χ4v) is 7.71. The molecule has 10 aromatic rings. The molecule has 0 unspecified atom stereocenters. The molecule has 0 aliphatic rings. The van der Waals surface area contributed by atoms with Crippen LogP contribution in [0.1, 0.15) is 30.4 Å². The van der Waals surface area contributed by atoms with Crippen LogP contribution in [0.4, 0.5) is 0 Å². The molecule has 0 atom stereocenters. The summed E-state index contributed by atoms with van der Waals surface area (Å²) in [6.45, 7) is 4.27. The zero-order valence-electron chi connectivity index (χ0n) is 32.6. The summed E-state index contributed by atoms with van der Waals surface area (Å²) < 4.78 is 39.1. The molecule has 0 fully saturated rings. The number of aryl methyl sites for hydroxylation is 1. The van der Waals surface area contributed by atoms with E-state index in [2.05, 4.69) is 109 Å². The van der Waals surface area contributed by atoms with E-state index < -0.39 is 6.98 Å². The monoisotopic (exact) mass is 690 g/mol. The molecule has 0 amide bonds. The van der Waals surface area contributed by atoms with Gasteiger partial charge in [0.15, 0.2) is 5.58 Å². The average Bonchev–Trinajstić information content (AvgIpc) is 3.75. The lowest BCUT2D eigenvalue weighted by Crippen LogP contribution is -2.26. The summed E-state index contributed by atoms with van der Waals surface area (Å²) in [4.78, 5) is 4.96. The molecule has 0 spiro atoms. The highest BCUT2D eigenvalue weighted by molar-refractivity contribution is 6.17. The Morgan fingerprint density at radius 2 is 1.26 bits per heavy atom. The van der Waals surface area contributed by atoms with Gasteiger partial charge in [0.05, 0.1) is 49.9 Å². The first-order chi connectivity index (χ1) is 27.0. The van der Waals surface area contributed by atoms with Crippen LogP contribution in [0.5, 0.6) is 0 Å². The number of rotatable bonds is 3. The van der Waals surface area contributed by atoms with Gasteiger partial charge in [-0.05, 0) is 71.6 Å². The Labute approximate surface area is 310 Å². The lowest BCUT2D eigenvalue weighted by molar-refractivity contribution is -0.649. The summed E-state index contributed by atoms with van der Waals surface area (Å²) in [6, 6.07) is 49.3. The Kier molecular flexibility index (Phi) is 6.17. The zero-order valence-corrected chi connectivity index (χ0v) is 29.6. The van der Waals surface area contributed by atoms with Gasteiger partial charge in [-0.25, -0.2) is 4.98 Å². The van der Waals surface area contributed by atoms with Crippen LogP contribution in [0.2, 0.25) is 0 Å². The molecule has 0 saturated carbocycles. The van der Waals surface area contributed by atoms with Crippen LogP contribution in [0.15, 0.2) is 156 Å². The summed E-state index contributed by atoms with van der Waals surface area (Å²) in [7, 11) is 0. The molecule has 256 valence electrons. The van der Waals surface area contributed by atoms with E-state index in [-0.39, 0.29) is 5.41 Å². The Balaban J connectivity index is 1.37. The van der Waals surface area contributed by atoms with Crippen molar-refractivity contribution in [3.8, 4) is 17.2 Å². The van der Waals surface area contributed by atoms with E-state index in [4.69, 9.17) is 13.5 Å². The number of para-hydroxylation sites is 6. The number of hydrogen-bond donors (Lipinski definition) is 0. The van der Waals surface area contributed by atoms with Crippen molar-refractivity contribution in [1.82, 2.24) is 18.7 Å². The van der Waals surface area contributed by atoms with Gasteiger partial charge in [-0.1, -0.05) is 106 Å². The van der Waals surface area contributed by atoms with Crippen molar-refractivity contribution in [3.63, 3.8) is 0 Å². The number of benzene rings is 6. The number of fused-ring (bicyclic) bond motifs is 8. The maximum Gasteiger partial charge on any atom is 0.244 e. The minimum absolute atomic E-state index is 0.0632. The fourth-order valence-electron chi connectivity index (χ4n) is 7.71. The highest BCUT2D eigenvalue weighted by Gasteiger charge is 2.20. The first-order valence-electron chi connectivity index (χ1n) is 19.3. The summed E-state index contributed by atoms with van der Waals surface area (Å²) in [5.41, 5.74) is 9.44. The minimum atomic E-state index is -2.40. The summed E-state index contributed by atoms with van der Waals surface area (Å²) in [5, 5.41) is 4.20. The van der Waals surface area contributed by atoms with Gasteiger partial charge in [-0.2, -0.15) is 0 Å². The van der Waals surface area contributed by atoms with Gasteiger partial charge in [0.25, 0.3) is 0 Å². The van der Waals surface area contributed by atoms with Crippen LogP contribution in [-0.2, 0) is 12.4 Å². The van der Waals surface area contributed by atoms with E-state index in [9.17, 15) is 0 Å². The standard InChI is InChI=1S/C47H37N5O/c1-47(2,3)31-24-25-48-46(26-31)52-38-18-7-5-16-34(38)36-28-37-35-17-6-11-22-44(35)53-45-23-12-10-21-41(45)51(42(37)29-43(36)52)33-15-13-14-32(27-33)50-30-49(4)39-19-8-9-20-40(39)50/h5-29H,1-4H3/i4D3. The molecule has 0 saturated heterocycles. The molecule has 0 bridgehead atoms. The Bertz CT molecular complexity index is 3250. The van der Waals surface area contributed by atoms with E-state index in [0.717, 1.165) is 71.9 Å². The quantitative estimate of drug-likeness (QED) is 0.137. The fraction of sp³-hybridized carbons (Fsp3) is 0.106. The second-order valence-electron chi connectivity index (χ2n) is 14.6. The molecule has 0 aliphatic heterocycles. The van der Waals surface area contributed by atoms with Gasteiger partial charge in [0.1, 0.15) is 11.4 Å². The third kappa shape index (κ3) is 4.94.